The van der Waals surface area contributed by atoms with Gasteiger partial charge < -0.3 is 9.80 Å². The molecule has 1 amide bonds. The number of benzene rings is 1. The number of nitrogens with zero attached hydrogens (tertiary/aromatic N) is 3. The molecular weight excluding hydrogens is 378 g/mol. The monoisotopic (exact) mass is 411 g/mol. The zero-order chi connectivity index (χ0) is 20.4. The van der Waals surface area contributed by atoms with Crippen molar-refractivity contribution in [2.75, 3.05) is 26.2 Å². The maximum Gasteiger partial charge on any atom is 0.265 e. The first-order chi connectivity index (χ1) is 14.0. The Hall–Kier alpha value is -1.72. The highest BCUT2D eigenvalue weighted by molar-refractivity contribution is 7.17. The van der Waals surface area contributed by atoms with Crippen LogP contribution in [0.25, 0.3) is 10.6 Å². The van der Waals surface area contributed by atoms with Crippen LogP contribution in [0.3, 0.4) is 0 Å². The molecule has 0 radical (unpaired) electrons. The van der Waals surface area contributed by atoms with E-state index in [-0.39, 0.29) is 5.91 Å². The molecule has 2 fully saturated rings. The number of amides is 1. The average molecular weight is 412 g/mol. The predicted molar refractivity (Wildman–Crippen MR) is 121 cm³/mol. The quantitative estimate of drug-likeness (QED) is 0.682. The second kappa shape index (κ2) is 8.97. The van der Waals surface area contributed by atoms with Gasteiger partial charge >= 0.3 is 0 Å². The number of hydrogen-bond acceptors (Lipinski definition) is 4. The van der Waals surface area contributed by atoms with Gasteiger partial charge in [0.1, 0.15) is 9.88 Å². The Labute approximate surface area is 178 Å². The highest BCUT2D eigenvalue weighted by atomic mass is 32.1. The minimum Gasteiger partial charge on any atom is -0.338 e. The van der Waals surface area contributed by atoms with Gasteiger partial charge in [-0.05, 0) is 57.2 Å². The van der Waals surface area contributed by atoms with Crippen molar-refractivity contribution in [1.82, 2.24) is 14.8 Å². The van der Waals surface area contributed by atoms with Gasteiger partial charge in [0.05, 0.1) is 5.69 Å². The van der Waals surface area contributed by atoms with Crippen molar-refractivity contribution in [2.24, 2.45) is 0 Å². The third-order valence-corrected chi connectivity index (χ3v) is 7.64. The molecule has 0 saturated carbocycles. The summed E-state index contributed by atoms with van der Waals surface area (Å²) in [5, 5.41) is 0.971. The van der Waals surface area contributed by atoms with Gasteiger partial charge in [0.2, 0.25) is 0 Å². The number of piperidine rings is 2. The normalized spacial score (nSPS) is 19.1. The minimum atomic E-state index is 0.172. The average Bonchev–Trinajstić information content (AvgIpc) is 3.15. The molecule has 0 aliphatic carbocycles. The number of thiazole rings is 1. The summed E-state index contributed by atoms with van der Waals surface area (Å²) in [5.74, 6) is 0.605. The topological polar surface area (TPSA) is 36.4 Å². The largest absolute Gasteiger partial charge is 0.338 e. The molecule has 5 heteroatoms. The van der Waals surface area contributed by atoms with Crippen molar-refractivity contribution >= 4 is 17.2 Å². The summed E-state index contributed by atoms with van der Waals surface area (Å²) in [4.78, 5) is 23.6. The molecule has 4 rings (SSSR count). The highest BCUT2D eigenvalue weighted by Gasteiger charge is 2.30. The van der Waals surface area contributed by atoms with Crippen molar-refractivity contribution in [1.29, 1.82) is 0 Å². The van der Waals surface area contributed by atoms with Crippen LogP contribution >= 0.6 is 11.3 Å². The summed E-state index contributed by atoms with van der Waals surface area (Å²) in [6.07, 6.45) is 6.25. The minimum absolute atomic E-state index is 0.172. The fraction of sp³-hybridized carbons (Fsp3) is 0.583. The molecular formula is C24H33N3OS. The standard InChI is InChI=1S/C24H33N3OS/c1-17(2)20-9-5-6-10-21(20)23-25-18(3)22(29-23)24(28)27-15-11-19(12-16-27)26-13-7-4-8-14-26/h5-6,9-10,17,19H,4,7-8,11-16H2,1-3H3. The van der Waals surface area contributed by atoms with Crippen LogP contribution in [0.5, 0.6) is 0 Å². The van der Waals surface area contributed by atoms with Gasteiger partial charge in [-0.3, -0.25) is 4.79 Å². The van der Waals surface area contributed by atoms with Crippen LogP contribution < -0.4 is 0 Å². The van der Waals surface area contributed by atoms with E-state index in [4.69, 9.17) is 4.98 Å². The third kappa shape index (κ3) is 4.41. The summed E-state index contributed by atoms with van der Waals surface area (Å²) < 4.78 is 0. The number of carbonyl (C=O) groups is 1. The predicted octanol–water partition coefficient (Wildman–Crippen LogP) is 5.33. The van der Waals surface area contributed by atoms with Gasteiger partial charge in [0.25, 0.3) is 5.91 Å². The molecule has 0 unspecified atom stereocenters. The zero-order valence-corrected chi connectivity index (χ0v) is 18.8. The lowest BCUT2D eigenvalue weighted by molar-refractivity contribution is 0.0593. The molecule has 2 aliphatic rings. The molecule has 0 spiro atoms. The molecule has 0 atom stereocenters. The lowest BCUT2D eigenvalue weighted by Gasteiger charge is -2.40. The lowest BCUT2D eigenvalue weighted by Crippen LogP contribution is -2.48. The fourth-order valence-corrected chi connectivity index (χ4v) is 5.85. The molecule has 1 aromatic carbocycles. The molecule has 29 heavy (non-hydrogen) atoms. The van der Waals surface area contributed by atoms with Crippen LogP contribution in [-0.4, -0.2) is 52.9 Å². The van der Waals surface area contributed by atoms with Gasteiger partial charge in [-0.2, -0.15) is 0 Å². The van der Waals surface area contributed by atoms with E-state index < -0.39 is 0 Å². The second-order valence-electron chi connectivity index (χ2n) is 8.80. The Kier molecular flexibility index (Phi) is 6.35. The Bertz CT molecular complexity index is 846. The van der Waals surface area contributed by atoms with Crippen molar-refractivity contribution in [3.8, 4) is 10.6 Å². The third-order valence-electron chi connectivity index (χ3n) is 6.46. The number of rotatable bonds is 4. The number of aryl methyl sites for hydroxylation is 1. The van der Waals surface area contributed by atoms with Crippen molar-refractivity contribution in [2.45, 2.75) is 64.8 Å². The Morgan fingerprint density at radius 3 is 2.45 bits per heavy atom. The van der Waals surface area contributed by atoms with Crippen LogP contribution in [0, 0.1) is 6.92 Å². The molecule has 2 aliphatic heterocycles. The van der Waals surface area contributed by atoms with Crippen LogP contribution in [0.2, 0.25) is 0 Å². The molecule has 2 aromatic rings. The van der Waals surface area contributed by atoms with E-state index in [1.807, 2.05) is 6.92 Å². The first-order valence-electron chi connectivity index (χ1n) is 11.1. The highest BCUT2D eigenvalue weighted by Crippen LogP contribution is 2.34. The molecule has 3 heterocycles. The van der Waals surface area contributed by atoms with Gasteiger partial charge in [0.15, 0.2) is 0 Å². The van der Waals surface area contributed by atoms with Crippen LogP contribution in [0.4, 0.5) is 0 Å². The second-order valence-corrected chi connectivity index (χ2v) is 9.79. The van der Waals surface area contributed by atoms with E-state index in [2.05, 4.69) is 47.9 Å². The molecule has 0 N–H and O–H groups in total. The number of hydrogen-bond donors (Lipinski definition) is 0. The maximum absolute atomic E-state index is 13.2. The van der Waals surface area contributed by atoms with Crippen molar-refractivity contribution < 1.29 is 4.79 Å². The summed E-state index contributed by atoms with van der Waals surface area (Å²) in [6, 6.07) is 9.11. The lowest BCUT2D eigenvalue weighted by atomic mass is 9.98. The molecule has 1 aromatic heterocycles. The summed E-state index contributed by atoms with van der Waals surface area (Å²) in [6.45, 7) is 10.6. The summed E-state index contributed by atoms with van der Waals surface area (Å²) in [5.41, 5.74) is 3.33. The van der Waals surface area contributed by atoms with Gasteiger partial charge in [0, 0.05) is 24.7 Å². The fourth-order valence-electron chi connectivity index (χ4n) is 4.77. The first kappa shape index (κ1) is 20.5. The van der Waals surface area contributed by atoms with Crippen molar-refractivity contribution in [3.63, 3.8) is 0 Å². The van der Waals surface area contributed by atoms with Gasteiger partial charge in [-0.1, -0.05) is 44.5 Å². The van der Waals surface area contributed by atoms with E-state index in [0.29, 0.717) is 12.0 Å². The number of aromatic nitrogens is 1. The van der Waals surface area contributed by atoms with E-state index in [0.717, 1.165) is 41.5 Å². The Morgan fingerprint density at radius 1 is 1.07 bits per heavy atom. The molecule has 156 valence electrons. The SMILES string of the molecule is Cc1nc(-c2ccccc2C(C)C)sc1C(=O)N1CCC(N2CCCCC2)CC1. The zero-order valence-electron chi connectivity index (χ0n) is 18.0. The van der Waals surface area contributed by atoms with E-state index in [1.165, 1.54) is 43.5 Å². The first-order valence-corrected chi connectivity index (χ1v) is 12.0. The van der Waals surface area contributed by atoms with E-state index in [9.17, 15) is 4.79 Å². The Morgan fingerprint density at radius 2 is 1.76 bits per heavy atom. The van der Waals surface area contributed by atoms with Crippen LogP contribution in [0.1, 0.15) is 72.8 Å². The molecule has 2 saturated heterocycles. The van der Waals surface area contributed by atoms with Gasteiger partial charge in [-0.15, -0.1) is 11.3 Å². The molecule has 4 nitrogen and oxygen atoms in total. The smallest absolute Gasteiger partial charge is 0.265 e. The summed E-state index contributed by atoms with van der Waals surface area (Å²) in [7, 11) is 0. The van der Waals surface area contributed by atoms with Gasteiger partial charge in [-0.25, -0.2) is 4.98 Å². The number of likely N-dealkylation sites (tertiary alicyclic amines) is 2. The summed E-state index contributed by atoms with van der Waals surface area (Å²) >= 11 is 1.56. The van der Waals surface area contributed by atoms with E-state index >= 15 is 0 Å². The molecule has 0 bridgehead atoms. The van der Waals surface area contributed by atoms with Crippen LogP contribution in [-0.2, 0) is 0 Å². The Balaban J connectivity index is 1.46. The van der Waals surface area contributed by atoms with Crippen LogP contribution in [0.15, 0.2) is 24.3 Å². The maximum atomic E-state index is 13.2. The van der Waals surface area contributed by atoms with E-state index in [1.54, 1.807) is 11.3 Å². The number of carbonyl (C=O) groups excluding carboxylic acids is 1. The van der Waals surface area contributed by atoms with Crippen molar-refractivity contribution in [3.05, 3.63) is 40.4 Å².